The third-order valence-corrected chi connectivity index (χ3v) is 3.83. The van der Waals surface area contributed by atoms with Gasteiger partial charge in [-0.1, -0.05) is 23.9 Å². The van der Waals surface area contributed by atoms with Gasteiger partial charge in [0.15, 0.2) is 5.17 Å². The smallest absolute Gasteiger partial charge is 0.325 e. The fraction of sp³-hybridized carbons (Fsp3) is 0.308. The van der Waals surface area contributed by atoms with Crippen molar-refractivity contribution in [3.8, 4) is 0 Å². The monoisotopic (exact) mass is 307 g/mol. The third kappa shape index (κ3) is 3.46. The Labute approximate surface area is 125 Å². The van der Waals surface area contributed by atoms with Gasteiger partial charge in [-0.2, -0.15) is 0 Å². The van der Waals surface area contributed by atoms with Crippen LogP contribution in [0.5, 0.6) is 0 Å². The summed E-state index contributed by atoms with van der Waals surface area (Å²) >= 11 is 1.13. The quantitative estimate of drug-likeness (QED) is 0.484. The summed E-state index contributed by atoms with van der Waals surface area (Å²) < 4.78 is 4.95. The van der Waals surface area contributed by atoms with Gasteiger partial charge >= 0.3 is 5.97 Å². The first-order valence-corrected chi connectivity index (χ1v) is 7.11. The fourth-order valence-corrected chi connectivity index (χ4v) is 2.68. The Bertz CT molecular complexity index is 642. The molecule has 1 aromatic rings. The number of para-hydroxylation sites is 2. The number of nitro benzene ring substituents is 1. The molecular formula is C13H13N3O4S. The van der Waals surface area contributed by atoms with Crippen molar-refractivity contribution in [3.63, 3.8) is 0 Å². The number of ether oxygens (including phenoxy) is 1. The molecule has 0 spiro atoms. The van der Waals surface area contributed by atoms with Gasteiger partial charge in [0.25, 0.3) is 5.69 Å². The molecule has 0 saturated carbocycles. The van der Waals surface area contributed by atoms with E-state index in [1.807, 2.05) is 0 Å². The molecule has 1 atom stereocenters. The molecule has 0 radical (unpaired) electrons. The molecule has 1 aliphatic heterocycles. The van der Waals surface area contributed by atoms with Crippen molar-refractivity contribution in [3.05, 3.63) is 34.4 Å². The van der Waals surface area contributed by atoms with E-state index in [1.54, 1.807) is 26.0 Å². The fourth-order valence-electron chi connectivity index (χ4n) is 1.73. The van der Waals surface area contributed by atoms with Crippen LogP contribution in [0.4, 0.5) is 11.4 Å². The molecule has 0 fully saturated rings. The molecule has 0 N–H and O–H groups in total. The lowest BCUT2D eigenvalue weighted by Gasteiger charge is -2.06. The lowest BCUT2D eigenvalue weighted by molar-refractivity contribution is -0.384. The molecule has 0 saturated heterocycles. The largest absolute Gasteiger partial charge is 0.465 e. The van der Waals surface area contributed by atoms with Crippen LogP contribution in [-0.2, 0) is 9.53 Å². The van der Waals surface area contributed by atoms with Crippen molar-refractivity contribution >= 4 is 40.0 Å². The predicted octanol–water partition coefficient (Wildman–Crippen LogP) is 2.72. The second kappa shape index (κ2) is 6.49. The van der Waals surface area contributed by atoms with Gasteiger partial charge < -0.3 is 4.74 Å². The topological polar surface area (TPSA) is 94.2 Å². The van der Waals surface area contributed by atoms with Crippen molar-refractivity contribution in [2.45, 2.75) is 19.1 Å². The van der Waals surface area contributed by atoms with Gasteiger partial charge in [0, 0.05) is 11.8 Å². The van der Waals surface area contributed by atoms with Crippen LogP contribution in [0, 0.1) is 10.1 Å². The van der Waals surface area contributed by atoms with Crippen LogP contribution in [0.2, 0.25) is 0 Å². The summed E-state index contributed by atoms with van der Waals surface area (Å²) in [4.78, 5) is 30.5. The molecule has 1 aromatic carbocycles. The minimum Gasteiger partial charge on any atom is -0.465 e. The number of aliphatic imine (C=N–C) groups is 2. The van der Waals surface area contributed by atoms with Crippen LogP contribution >= 0.6 is 11.8 Å². The minimum absolute atomic E-state index is 0.0990. The first kappa shape index (κ1) is 15.2. The standard InChI is InChI=1S/C13H13N3O4S/c1-3-20-12(17)11-8(2)14-13(21-11)15-9-6-4-5-7-10(9)16(18)19/h4-7,11H,3H2,1-2H3/t11-/m0/s1. The number of rotatable bonds is 4. The molecule has 1 aliphatic rings. The number of thioether (sulfide) groups is 1. The highest BCUT2D eigenvalue weighted by Crippen LogP contribution is 2.31. The van der Waals surface area contributed by atoms with E-state index >= 15 is 0 Å². The SMILES string of the molecule is CCOC(=O)[C@H]1SC(=Nc2ccccc2[N+](=O)[O-])N=C1C. The van der Waals surface area contributed by atoms with E-state index in [0.29, 0.717) is 17.5 Å². The zero-order valence-electron chi connectivity index (χ0n) is 11.5. The van der Waals surface area contributed by atoms with E-state index < -0.39 is 10.2 Å². The molecule has 0 aliphatic carbocycles. The summed E-state index contributed by atoms with van der Waals surface area (Å²) in [6, 6.07) is 6.14. The zero-order chi connectivity index (χ0) is 15.4. The maximum absolute atomic E-state index is 11.7. The van der Waals surface area contributed by atoms with Gasteiger partial charge in [-0.05, 0) is 19.9 Å². The Morgan fingerprint density at radius 1 is 1.52 bits per heavy atom. The van der Waals surface area contributed by atoms with Crippen molar-refractivity contribution in [1.29, 1.82) is 0 Å². The average molecular weight is 307 g/mol. The summed E-state index contributed by atoms with van der Waals surface area (Å²) in [5.74, 6) is -0.378. The molecule has 2 rings (SSSR count). The Balaban J connectivity index is 2.25. The number of carbonyl (C=O) groups excluding carboxylic acids is 1. The molecule has 0 unspecified atom stereocenters. The highest BCUT2D eigenvalue weighted by molar-refractivity contribution is 8.16. The molecule has 21 heavy (non-hydrogen) atoms. The summed E-state index contributed by atoms with van der Waals surface area (Å²) in [5.41, 5.74) is 0.694. The molecule has 110 valence electrons. The van der Waals surface area contributed by atoms with E-state index in [1.165, 1.54) is 12.1 Å². The number of hydrogen-bond acceptors (Lipinski definition) is 6. The predicted molar refractivity (Wildman–Crippen MR) is 81.3 cm³/mol. The van der Waals surface area contributed by atoms with E-state index in [-0.39, 0.29) is 17.3 Å². The normalized spacial score (nSPS) is 19.4. The second-order valence-electron chi connectivity index (χ2n) is 4.14. The maximum atomic E-state index is 11.7. The summed E-state index contributed by atoms with van der Waals surface area (Å²) in [6.07, 6.45) is 0. The first-order valence-electron chi connectivity index (χ1n) is 6.23. The number of nitrogens with zero attached hydrogens (tertiary/aromatic N) is 3. The zero-order valence-corrected chi connectivity index (χ0v) is 12.3. The molecule has 8 heteroatoms. The van der Waals surface area contributed by atoms with Gasteiger partial charge in [0.1, 0.15) is 10.9 Å². The van der Waals surface area contributed by atoms with Crippen molar-refractivity contribution in [1.82, 2.24) is 0 Å². The van der Waals surface area contributed by atoms with Gasteiger partial charge in [-0.3, -0.25) is 14.9 Å². The second-order valence-corrected chi connectivity index (χ2v) is 5.22. The van der Waals surface area contributed by atoms with Crippen LogP contribution < -0.4 is 0 Å². The first-order chi connectivity index (χ1) is 10.0. The summed E-state index contributed by atoms with van der Waals surface area (Å²) in [6.45, 7) is 3.72. The van der Waals surface area contributed by atoms with Crippen LogP contribution in [0.3, 0.4) is 0 Å². The molecule has 0 aromatic heterocycles. The van der Waals surface area contributed by atoms with Gasteiger partial charge in [0.05, 0.1) is 11.5 Å². The Morgan fingerprint density at radius 2 is 2.24 bits per heavy atom. The lowest BCUT2D eigenvalue weighted by Crippen LogP contribution is -2.24. The molecule has 0 amide bonds. The van der Waals surface area contributed by atoms with Crippen LogP contribution in [0.1, 0.15) is 13.8 Å². The molecule has 7 nitrogen and oxygen atoms in total. The number of benzene rings is 1. The van der Waals surface area contributed by atoms with Crippen molar-refractivity contribution in [2.24, 2.45) is 9.98 Å². The maximum Gasteiger partial charge on any atom is 0.325 e. The van der Waals surface area contributed by atoms with Gasteiger partial charge in [-0.25, -0.2) is 9.98 Å². The molecule has 0 bridgehead atoms. The average Bonchev–Trinajstić information content (AvgIpc) is 2.80. The highest BCUT2D eigenvalue weighted by atomic mass is 32.2. The van der Waals surface area contributed by atoms with E-state index in [9.17, 15) is 14.9 Å². The summed E-state index contributed by atoms with van der Waals surface area (Å²) in [7, 11) is 0. The van der Waals surface area contributed by atoms with E-state index in [2.05, 4.69) is 9.98 Å². The molecular weight excluding hydrogens is 294 g/mol. The minimum atomic E-state index is -0.536. The lowest BCUT2D eigenvalue weighted by atomic mass is 10.3. The van der Waals surface area contributed by atoms with Crippen LogP contribution in [-0.4, -0.2) is 33.6 Å². The van der Waals surface area contributed by atoms with Crippen molar-refractivity contribution < 1.29 is 14.5 Å². The van der Waals surface area contributed by atoms with Gasteiger partial charge in [-0.15, -0.1) is 0 Å². The summed E-state index contributed by atoms with van der Waals surface area (Å²) in [5, 5.41) is 10.7. The Morgan fingerprint density at radius 3 is 2.90 bits per heavy atom. The van der Waals surface area contributed by atoms with Crippen LogP contribution in [0.15, 0.2) is 34.3 Å². The Kier molecular flexibility index (Phi) is 4.69. The number of amidine groups is 1. The van der Waals surface area contributed by atoms with Gasteiger partial charge in [0.2, 0.25) is 0 Å². The van der Waals surface area contributed by atoms with Crippen LogP contribution in [0.25, 0.3) is 0 Å². The highest BCUT2D eigenvalue weighted by Gasteiger charge is 2.31. The molecule has 1 heterocycles. The number of carbonyl (C=O) groups is 1. The number of nitro groups is 1. The Hall–Kier alpha value is -2.22. The van der Waals surface area contributed by atoms with Crippen molar-refractivity contribution in [2.75, 3.05) is 6.61 Å². The van der Waals surface area contributed by atoms with E-state index in [0.717, 1.165) is 11.8 Å². The van der Waals surface area contributed by atoms with E-state index in [4.69, 9.17) is 4.74 Å². The third-order valence-electron chi connectivity index (χ3n) is 2.67. The number of esters is 1. The number of hydrogen-bond donors (Lipinski definition) is 0.